The Hall–Kier alpha value is -2.30. The molecule has 0 aliphatic carbocycles. The molecule has 98 valence electrons. The highest BCUT2D eigenvalue weighted by Crippen LogP contribution is 2.30. The summed E-state index contributed by atoms with van der Waals surface area (Å²) in [4.78, 5) is 24.8. The molecule has 5 nitrogen and oxygen atoms in total. The summed E-state index contributed by atoms with van der Waals surface area (Å²) in [6.07, 6.45) is 2.31. The predicted molar refractivity (Wildman–Crippen MR) is 73.2 cm³/mol. The number of nitrogens with one attached hydrogen (secondary N) is 1. The van der Waals surface area contributed by atoms with Crippen LogP contribution in [0.25, 0.3) is 10.9 Å². The molecule has 0 spiro atoms. The zero-order valence-electron chi connectivity index (χ0n) is 10.9. The van der Waals surface area contributed by atoms with Gasteiger partial charge in [-0.1, -0.05) is 0 Å². The molecule has 0 radical (unpaired) electrons. The summed E-state index contributed by atoms with van der Waals surface area (Å²) in [5, 5.41) is 3.39. The highest BCUT2D eigenvalue weighted by atomic mass is 16.2. The van der Waals surface area contributed by atoms with E-state index in [9.17, 15) is 9.59 Å². The van der Waals surface area contributed by atoms with Crippen LogP contribution in [0.15, 0.2) is 24.4 Å². The fourth-order valence-corrected chi connectivity index (χ4v) is 2.51. The number of hydrogen-bond acceptors (Lipinski definition) is 2. The number of nitrogens with zero attached hydrogens (tertiary/aromatic N) is 2. The Bertz CT molecular complexity index is 687. The number of aromatic nitrogens is 1. The number of urea groups is 1. The van der Waals surface area contributed by atoms with Crippen LogP contribution in [0.2, 0.25) is 0 Å². The first-order valence-corrected chi connectivity index (χ1v) is 6.23. The van der Waals surface area contributed by atoms with Gasteiger partial charge >= 0.3 is 6.03 Å². The van der Waals surface area contributed by atoms with E-state index in [1.165, 1.54) is 0 Å². The SMILES string of the molecule is Cc1cc(N2CCC(=O)NC2=O)c2ccn(C)c2c1. The molecule has 1 aromatic heterocycles. The molecular formula is C14H15N3O2. The van der Waals surface area contributed by atoms with Crippen molar-refractivity contribution in [3.63, 3.8) is 0 Å². The van der Waals surface area contributed by atoms with Crippen molar-refractivity contribution in [1.29, 1.82) is 0 Å². The van der Waals surface area contributed by atoms with E-state index in [0.29, 0.717) is 13.0 Å². The molecular weight excluding hydrogens is 242 g/mol. The van der Waals surface area contributed by atoms with Gasteiger partial charge in [0.05, 0.1) is 11.2 Å². The molecule has 1 aromatic carbocycles. The molecule has 1 saturated heterocycles. The van der Waals surface area contributed by atoms with E-state index in [-0.39, 0.29) is 11.9 Å². The topological polar surface area (TPSA) is 54.3 Å². The maximum Gasteiger partial charge on any atom is 0.328 e. The first-order valence-electron chi connectivity index (χ1n) is 6.23. The van der Waals surface area contributed by atoms with Crippen LogP contribution in [-0.2, 0) is 11.8 Å². The quantitative estimate of drug-likeness (QED) is 0.848. The van der Waals surface area contributed by atoms with Crippen LogP contribution >= 0.6 is 0 Å². The van der Waals surface area contributed by atoms with Crippen molar-refractivity contribution in [3.05, 3.63) is 30.0 Å². The maximum absolute atomic E-state index is 12.0. The van der Waals surface area contributed by atoms with Gasteiger partial charge < -0.3 is 4.57 Å². The number of rotatable bonds is 1. The summed E-state index contributed by atoms with van der Waals surface area (Å²) in [6.45, 7) is 2.43. The smallest absolute Gasteiger partial charge is 0.328 e. The highest BCUT2D eigenvalue weighted by Gasteiger charge is 2.25. The maximum atomic E-state index is 12.0. The van der Waals surface area contributed by atoms with Crippen LogP contribution in [0.3, 0.4) is 0 Å². The largest absolute Gasteiger partial charge is 0.350 e. The van der Waals surface area contributed by atoms with Crippen molar-refractivity contribution in [2.45, 2.75) is 13.3 Å². The average molecular weight is 257 g/mol. The molecule has 2 aromatic rings. The van der Waals surface area contributed by atoms with Gasteiger partial charge in [0.2, 0.25) is 5.91 Å². The fourth-order valence-electron chi connectivity index (χ4n) is 2.51. The van der Waals surface area contributed by atoms with E-state index in [4.69, 9.17) is 0 Å². The van der Waals surface area contributed by atoms with E-state index in [0.717, 1.165) is 22.2 Å². The van der Waals surface area contributed by atoms with Gasteiger partial charge in [-0.05, 0) is 30.7 Å². The van der Waals surface area contributed by atoms with E-state index < -0.39 is 0 Å². The molecule has 0 bridgehead atoms. The number of imide groups is 1. The van der Waals surface area contributed by atoms with E-state index in [2.05, 4.69) is 11.4 Å². The summed E-state index contributed by atoms with van der Waals surface area (Å²) in [7, 11) is 1.98. The second-order valence-corrected chi connectivity index (χ2v) is 4.90. The molecule has 3 rings (SSSR count). The van der Waals surface area contributed by atoms with Gasteiger partial charge in [-0.3, -0.25) is 15.0 Å². The second kappa shape index (κ2) is 4.12. The average Bonchev–Trinajstić information content (AvgIpc) is 2.71. The van der Waals surface area contributed by atoms with E-state index >= 15 is 0 Å². The van der Waals surface area contributed by atoms with Crippen molar-refractivity contribution in [1.82, 2.24) is 9.88 Å². The molecule has 1 aliphatic rings. The molecule has 1 fully saturated rings. The lowest BCUT2D eigenvalue weighted by atomic mass is 10.1. The third-order valence-electron chi connectivity index (χ3n) is 3.47. The lowest BCUT2D eigenvalue weighted by Gasteiger charge is -2.27. The first-order chi connectivity index (χ1) is 9.06. The number of fused-ring (bicyclic) bond motifs is 1. The van der Waals surface area contributed by atoms with Gasteiger partial charge in [-0.2, -0.15) is 0 Å². The molecule has 1 aliphatic heterocycles. The molecule has 3 amide bonds. The third kappa shape index (κ3) is 1.87. The summed E-state index contributed by atoms with van der Waals surface area (Å²) in [5.74, 6) is -0.210. The first kappa shape index (κ1) is 11.8. The Labute approximate surface area is 110 Å². The Morgan fingerprint density at radius 1 is 1.26 bits per heavy atom. The fraction of sp³-hybridized carbons (Fsp3) is 0.286. The standard InChI is InChI=1S/C14H15N3O2/c1-9-7-11-10(3-5-16(11)2)12(8-9)17-6-4-13(18)15-14(17)19/h3,5,7-8H,4,6H2,1-2H3,(H,15,18,19). The monoisotopic (exact) mass is 257 g/mol. The number of carbonyl (C=O) groups is 2. The van der Waals surface area contributed by atoms with Crippen LogP contribution in [-0.4, -0.2) is 23.1 Å². The molecule has 0 atom stereocenters. The third-order valence-corrected chi connectivity index (χ3v) is 3.47. The minimum Gasteiger partial charge on any atom is -0.350 e. The summed E-state index contributed by atoms with van der Waals surface area (Å²) in [5.41, 5.74) is 3.04. The highest BCUT2D eigenvalue weighted by molar-refractivity contribution is 6.09. The van der Waals surface area contributed by atoms with Crippen molar-refractivity contribution in [3.8, 4) is 0 Å². The van der Waals surface area contributed by atoms with Gasteiger partial charge in [-0.15, -0.1) is 0 Å². The van der Waals surface area contributed by atoms with Crippen LogP contribution in [0.1, 0.15) is 12.0 Å². The minimum absolute atomic E-state index is 0.210. The van der Waals surface area contributed by atoms with E-state index in [1.807, 2.05) is 36.9 Å². The Kier molecular flexibility index (Phi) is 2.55. The number of carbonyl (C=O) groups excluding carboxylic acids is 2. The van der Waals surface area contributed by atoms with Crippen molar-refractivity contribution in [2.24, 2.45) is 7.05 Å². The lowest BCUT2D eigenvalue weighted by Crippen LogP contribution is -2.49. The van der Waals surface area contributed by atoms with Crippen molar-refractivity contribution < 1.29 is 9.59 Å². The van der Waals surface area contributed by atoms with Crippen molar-refractivity contribution >= 4 is 28.5 Å². The Balaban J connectivity index is 2.14. The normalized spacial score (nSPS) is 16.0. The molecule has 0 unspecified atom stereocenters. The van der Waals surface area contributed by atoms with Crippen LogP contribution in [0.4, 0.5) is 10.5 Å². The van der Waals surface area contributed by atoms with Gasteiger partial charge in [0.1, 0.15) is 0 Å². The Morgan fingerprint density at radius 2 is 2.05 bits per heavy atom. The lowest BCUT2D eigenvalue weighted by molar-refractivity contribution is -0.120. The minimum atomic E-state index is -0.341. The molecule has 1 N–H and O–H groups in total. The predicted octanol–water partition coefficient (Wildman–Crippen LogP) is 1.93. The Morgan fingerprint density at radius 3 is 2.79 bits per heavy atom. The number of aryl methyl sites for hydroxylation is 2. The molecule has 0 saturated carbocycles. The van der Waals surface area contributed by atoms with E-state index in [1.54, 1.807) is 4.90 Å². The van der Waals surface area contributed by atoms with Gasteiger partial charge in [0, 0.05) is 31.6 Å². The molecule has 2 heterocycles. The summed E-state index contributed by atoms with van der Waals surface area (Å²) in [6, 6.07) is 5.73. The number of hydrogen-bond donors (Lipinski definition) is 1. The van der Waals surface area contributed by atoms with Crippen LogP contribution < -0.4 is 10.2 Å². The summed E-state index contributed by atoms with van der Waals surface area (Å²) >= 11 is 0. The zero-order chi connectivity index (χ0) is 13.6. The van der Waals surface area contributed by atoms with Crippen LogP contribution in [0, 0.1) is 6.92 Å². The molecule has 19 heavy (non-hydrogen) atoms. The summed E-state index contributed by atoms with van der Waals surface area (Å²) < 4.78 is 2.03. The van der Waals surface area contributed by atoms with Crippen molar-refractivity contribution in [2.75, 3.05) is 11.4 Å². The molecule has 5 heteroatoms. The van der Waals surface area contributed by atoms with Crippen LogP contribution in [0.5, 0.6) is 0 Å². The number of amides is 3. The number of anilines is 1. The second-order valence-electron chi connectivity index (χ2n) is 4.90. The zero-order valence-corrected chi connectivity index (χ0v) is 10.9. The van der Waals surface area contributed by atoms with Gasteiger partial charge in [0.25, 0.3) is 0 Å². The van der Waals surface area contributed by atoms with Gasteiger partial charge in [0.15, 0.2) is 0 Å². The number of benzene rings is 1. The van der Waals surface area contributed by atoms with Gasteiger partial charge in [-0.25, -0.2) is 4.79 Å².